The molecule has 1 amide bonds. The Balaban J connectivity index is 2.48. The Bertz CT molecular complexity index is 566. The van der Waals surface area contributed by atoms with E-state index in [1.165, 1.54) is 0 Å². The predicted octanol–water partition coefficient (Wildman–Crippen LogP) is 4.31. The van der Waals surface area contributed by atoms with Crippen molar-refractivity contribution in [2.45, 2.75) is 58.9 Å². The number of amides is 1. The smallest absolute Gasteiger partial charge is 0.252 e. The highest BCUT2D eigenvalue weighted by Crippen LogP contribution is 2.16. The van der Waals surface area contributed by atoms with Crippen molar-refractivity contribution < 1.29 is 14.3 Å². The van der Waals surface area contributed by atoms with Gasteiger partial charge >= 0.3 is 0 Å². The average Bonchev–Trinajstić information content (AvgIpc) is 2.61. The highest BCUT2D eigenvalue weighted by atomic mass is 16.5. The van der Waals surface area contributed by atoms with Gasteiger partial charge in [-0.05, 0) is 56.7 Å². The zero-order valence-corrected chi connectivity index (χ0v) is 15.7. The van der Waals surface area contributed by atoms with Crippen molar-refractivity contribution in [2.75, 3.05) is 13.2 Å². The van der Waals surface area contributed by atoms with Crippen molar-refractivity contribution in [2.24, 2.45) is 0 Å². The summed E-state index contributed by atoms with van der Waals surface area (Å²) in [6.45, 7) is 7.52. The molecule has 1 rings (SSSR count). The average molecular weight is 345 g/mol. The maximum Gasteiger partial charge on any atom is 0.252 e. The van der Waals surface area contributed by atoms with Gasteiger partial charge in [-0.15, -0.1) is 0 Å². The third-order valence-electron chi connectivity index (χ3n) is 4.14. The van der Waals surface area contributed by atoms with Gasteiger partial charge in [-0.1, -0.05) is 37.6 Å². The minimum Gasteiger partial charge on any atom is -0.381 e. The van der Waals surface area contributed by atoms with Crippen molar-refractivity contribution >= 4 is 18.3 Å². The van der Waals surface area contributed by atoms with Crippen molar-refractivity contribution in [1.29, 1.82) is 0 Å². The first kappa shape index (κ1) is 21.1. The van der Waals surface area contributed by atoms with Crippen LogP contribution in [-0.2, 0) is 9.53 Å². The first-order chi connectivity index (χ1) is 12.1. The molecular weight excluding hydrogens is 314 g/mol. The highest BCUT2D eigenvalue weighted by molar-refractivity contribution is 5.97. The number of benzene rings is 1. The maximum atomic E-state index is 12.5. The molecule has 1 aromatic rings. The van der Waals surface area contributed by atoms with E-state index in [2.05, 4.69) is 12.2 Å². The third kappa shape index (κ3) is 7.65. The Morgan fingerprint density at radius 3 is 2.68 bits per heavy atom. The molecule has 0 aromatic heterocycles. The minimum absolute atomic E-state index is 0.194. The van der Waals surface area contributed by atoms with Crippen molar-refractivity contribution in [3.63, 3.8) is 0 Å². The lowest BCUT2D eigenvalue weighted by molar-refractivity contribution is -0.109. The molecule has 4 heteroatoms. The van der Waals surface area contributed by atoms with Crippen LogP contribution in [0.3, 0.4) is 0 Å². The van der Waals surface area contributed by atoms with Gasteiger partial charge in [0.15, 0.2) is 0 Å². The summed E-state index contributed by atoms with van der Waals surface area (Å²) in [6.07, 6.45) is 9.35. The van der Waals surface area contributed by atoms with E-state index in [0.717, 1.165) is 49.7 Å². The fraction of sp³-hybridized carbons (Fsp3) is 0.524. The zero-order valence-electron chi connectivity index (χ0n) is 15.7. The van der Waals surface area contributed by atoms with Crippen LogP contribution in [0, 0.1) is 6.92 Å². The van der Waals surface area contributed by atoms with Crippen LogP contribution in [0.4, 0.5) is 0 Å². The zero-order chi connectivity index (χ0) is 18.5. The van der Waals surface area contributed by atoms with Crippen molar-refractivity contribution in [1.82, 2.24) is 5.32 Å². The SMILES string of the molecule is C/C=C\c1cccc(C(=O)NC(C=O)CCCCOCCCC)c1C. The molecule has 1 aromatic carbocycles. The summed E-state index contributed by atoms with van der Waals surface area (Å²) in [4.78, 5) is 23.8. The molecule has 25 heavy (non-hydrogen) atoms. The van der Waals surface area contributed by atoms with Crippen LogP contribution in [0.15, 0.2) is 24.3 Å². The van der Waals surface area contributed by atoms with Gasteiger partial charge in [0, 0.05) is 18.8 Å². The van der Waals surface area contributed by atoms with Gasteiger partial charge in [-0.25, -0.2) is 0 Å². The lowest BCUT2D eigenvalue weighted by Crippen LogP contribution is -2.36. The molecule has 0 aliphatic rings. The van der Waals surface area contributed by atoms with E-state index < -0.39 is 6.04 Å². The molecule has 0 bridgehead atoms. The molecule has 0 saturated heterocycles. The minimum atomic E-state index is -0.451. The second kappa shape index (κ2) is 12.4. The van der Waals surface area contributed by atoms with Gasteiger partial charge < -0.3 is 14.8 Å². The second-order valence-electron chi connectivity index (χ2n) is 6.20. The summed E-state index contributed by atoms with van der Waals surface area (Å²) in [6, 6.07) is 5.18. The van der Waals surface area contributed by atoms with Crippen LogP contribution in [0.1, 0.15) is 67.4 Å². The lowest BCUT2D eigenvalue weighted by Gasteiger charge is -2.15. The summed E-state index contributed by atoms with van der Waals surface area (Å²) < 4.78 is 5.51. The summed E-state index contributed by atoms with van der Waals surface area (Å²) in [5, 5.41) is 2.83. The molecule has 0 fully saturated rings. The highest BCUT2D eigenvalue weighted by Gasteiger charge is 2.15. The molecule has 0 aliphatic heterocycles. The third-order valence-corrected chi connectivity index (χ3v) is 4.14. The van der Waals surface area contributed by atoms with E-state index in [4.69, 9.17) is 4.74 Å². The normalized spacial score (nSPS) is 12.3. The van der Waals surface area contributed by atoms with Gasteiger partial charge in [0.1, 0.15) is 6.29 Å². The number of hydrogen-bond acceptors (Lipinski definition) is 3. The first-order valence-corrected chi connectivity index (χ1v) is 9.20. The maximum absolute atomic E-state index is 12.5. The predicted molar refractivity (Wildman–Crippen MR) is 103 cm³/mol. The number of carbonyl (C=O) groups is 2. The van der Waals surface area contributed by atoms with Gasteiger partial charge in [0.25, 0.3) is 5.91 Å². The molecular formula is C21H31NO3. The summed E-state index contributed by atoms with van der Waals surface area (Å²) >= 11 is 0. The standard InChI is InChI=1S/C21H31NO3/c1-4-6-14-25-15-8-7-12-19(16-23)22-21(24)20-13-9-11-18(10-5-2)17(20)3/h5,9-11,13,16,19H,4,6-8,12,14-15H2,1-3H3,(H,22,24)/b10-5-. The Morgan fingerprint density at radius 2 is 2.00 bits per heavy atom. The molecule has 1 N–H and O–H groups in total. The summed E-state index contributed by atoms with van der Waals surface area (Å²) in [5.41, 5.74) is 2.56. The topological polar surface area (TPSA) is 55.4 Å². The summed E-state index contributed by atoms with van der Waals surface area (Å²) in [7, 11) is 0. The van der Waals surface area contributed by atoms with Crippen LogP contribution in [0.5, 0.6) is 0 Å². The van der Waals surface area contributed by atoms with E-state index in [9.17, 15) is 9.59 Å². The van der Waals surface area contributed by atoms with E-state index in [1.54, 1.807) is 6.07 Å². The number of nitrogens with one attached hydrogen (secondary N) is 1. The Hall–Kier alpha value is -1.94. The molecule has 0 radical (unpaired) electrons. The van der Waals surface area contributed by atoms with Crippen LogP contribution in [-0.4, -0.2) is 31.4 Å². The Morgan fingerprint density at radius 1 is 1.24 bits per heavy atom. The lowest BCUT2D eigenvalue weighted by atomic mass is 10.0. The molecule has 0 saturated carbocycles. The van der Waals surface area contributed by atoms with Gasteiger partial charge in [0.05, 0.1) is 6.04 Å². The molecule has 1 unspecified atom stereocenters. The molecule has 138 valence electrons. The van der Waals surface area contributed by atoms with E-state index in [0.29, 0.717) is 18.6 Å². The Kier molecular flexibility index (Phi) is 10.5. The van der Waals surface area contributed by atoms with Crippen LogP contribution >= 0.6 is 0 Å². The number of unbranched alkanes of at least 4 members (excludes halogenated alkanes) is 2. The van der Waals surface area contributed by atoms with Crippen LogP contribution < -0.4 is 5.32 Å². The quantitative estimate of drug-likeness (QED) is 0.453. The second-order valence-corrected chi connectivity index (χ2v) is 6.20. The van der Waals surface area contributed by atoms with E-state index in [-0.39, 0.29) is 5.91 Å². The molecule has 1 atom stereocenters. The molecule has 0 aliphatic carbocycles. The Labute approximate surface area is 151 Å². The number of carbonyl (C=O) groups excluding carboxylic acids is 2. The molecule has 0 spiro atoms. The number of aldehydes is 1. The van der Waals surface area contributed by atoms with Crippen molar-refractivity contribution in [3.05, 3.63) is 41.0 Å². The number of hydrogen-bond donors (Lipinski definition) is 1. The number of allylic oxidation sites excluding steroid dienone is 1. The van der Waals surface area contributed by atoms with E-state index >= 15 is 0 Å². The summed E-state index contributed by atoms with van der Waals surface area (Å²) in [5.74, 6) is -0.194. The first-order valence-electron chi connectivity index (χ1n) is 9.20. The largest absolute Gasteiger partial charge is 0.381 e. The number of rotatable bonds is 12. The van der Waals surface area contributed by atoms with Crippen LogP contribution in [0.2, 0.25) is 0 Å². The fourth-order valence-electron chi connectivity index (χ4n) is 2.60. The number of ether oxygens (including phenoxy) is 1. The monoisotopic (exact) mass is 345 g/mol. The van der Waals surface area contributed by atoms with E-state index in [1.807, 2.05) is 38.1 Å². The molecule has 4 nitrogen and oxygen atoms in total. The van der Waals surface area contributed by atoms with Crippen molar-refractivity contribution in [3.8, 4) is 0 Å². The molecule has 0 heterocycles. The van der Waals surface area contributed by atoms with Gasteiger partial charge in [-0.2, -0.15) is 0 Å². The fourth-order valence-corrected chi connectivity index (χ4v) is 2.60. The van der Waals surface area contributed by atoms with Gasteiger partial charge in [-0.3, -0.25) is 4.79 Å². The van der Waals surface area contributed by atoms with Crippen LogP contribution in [0.25, 0.3) is 6.08 Å². The van der Waals surface area contributed by atoms with Gasteiger partial charge in [0.2, 0.25) is 0 Å².